The lowest BCUT2D eigenvalue weighted by Gasteiger charge is -2.52. The maximum Gasteiger partial charge on any atom is 0.223 e. The monoisotopic (exact) mass is 339 g/mol. The number of nitrogens with zero attached hydrogens (tertiary/aromatic N) is 2. The second-order valence-corrected chi connectivity index (χ2v) is 6.58. The standard InChI is InChI=1S/C15H29N3O.2ClH/c1-13(16)6-7-14(19)18-11-10-17(2)12-15(18)8-4-3-5-9-15;;/h13H,3-12,16H2,1-2H3;2*1H. The highest BCUT2D eigenvalue weighted by Gasteiger charge is 2.43. The van der Waals surface area contributed by atoms with Gasteiger partial charge in [0.2, 0.25) is 5.91 Å². The summed E-state index contributed by atoms with van der Waals surface area (Å²) in [4.78, 5) is 17.1. The maximum absolute atomic E-state index is 12.5. The Balaban J connectivity index is 0.00000200. The Morgan fingerprint density at radius 2 is 1.81 bits per heavy atom. The van der Waals surface area contributed by atoms with E-state index < -0.39 is 0 Å². The lowest BCUT2D eigenvalue weighted by atomic mass is 9.78. The van der Waals surface area contributed by atoms with E-state index in [0.717, 1.165) is 26.1 Å². The molecule has 1 atom stereocenters. The van der Waals surface area contributed by atoms with Crippen LogP contribution in [0.25, 0.3) is 0 Å². The molecule has 1 saturated heterocycles. The summed E-state index contributed by atoms with van der Waals surface area (Å²) in [7, 11) is 2.18. The van der Waals surface area contributed by atoms with Gasteiger partial charge in [0.05, 0.1) is 5.54 Å². The molecule has 0 aromatic carbocycles. The molecule has 2 fully saturated rings. The summed E-state index contributed by atoms with van der Waals surface area (Å²) in [5, 5.41) is 0. The van der Waals surface area contributed by atoms with Crippen LogP contribution in [-0.4, -0.2) is 54.0 Å². The Labute approximate surface area is 141 Å². The number of nitrogens with two attached hydrogens (primary N) is 1. The fourth-order valence-electron chi connectivity index (χ4n) is 3.69. The lowest BCUT2D eigenvalue weighted by Crippen LogP contribution is -2.63. The van der Waals surface area contributed by atoms with Gasteiger partial charge >= 0.3 is 0 Å². The zero-order chi connectivity index (χ0) is 13.9. The summed E-state index contributed by atoms with van der Waals surface area (Å²) in [6.45, 7) is 4.94. The van der Waals surface area contributed by atoms with E-state index in [1.807, 2.05) is 6.92 Å². The van der Waals surface area contributed by atoms with Gasteiger partial charge in [-0.05, 0) is 33.2 Å². The molecule has 126 valence electrons. The first kappa shape index (κ1) is 21.0. The summed E-state index contributed by atoms with van der Waals surface area (Å²) in [6.07, 6.45) is 7.65. The molecule has 2 aliphatic rings. The first-order valence-electron chi connectivity index (χ1n) is 7.78. The molecule has 1 aliphatic carbocycles. The number of piperazine rings is 1. The van der Waals surface area contributed by atoms with Crippen LogP contribution in [-0.2, 0) is 4.79 Å². The van der Waals surface area contributed by atoms with Crippen molar-refractivity contribution < 1.29 is 4.79 Å². The largest absolute Gasteiger partial charge is 0.334 e. The van der Waals surface area contributed by atoms with E-state index in [0.29, 0.717) is 12.3 Å². The summed E-state index contributed by atoms with van der Waals surface area (Å²) in [6, 6.07) is 0.124. The van der Waals surface area contributed by atoms with Crippen molar-refractivity contribution in [2.24, 2.45) is 5.73 Å². The Kier molecular flexibility index (Phi) is 9.17. The predicted molar refractivity (Wildman–Crippen MR) is 92.4 cm³/mol. The van der Waals surface area contributed by atoms with Gasteiger partial charge in [-0.3, -0.25) is 4.79 Å². The molecule has 4 nitrogen and oxygen atoms in total. The van der Waals surface area contributed by atoms with Crippen LogP contribution in [0.5, 0.6) is 0 Å². The molecule has 0 aromatic heterocycles. The van der Waals surface area contributed by atoms with Gasteiger partial charge in [-0.2, -0.15) is 0 Å². The molecule has 0 radical (unpaired) electrons. The zero-order valence-electron chi connectivity index (χ0n) is 13.3. The third-order valence-electron chi connectivity index (χ3n) is 4.74. The molecule has 0 aromatic rings. The Morgan fingerprint density at radius 1 is 1.19 bits per heavy atom. The van der Waals surface area contributed by atoms with Crippen LogP contribution in [0.4, 0.5) is 0 Å². The van der Waals surface area contributed by atoms with Crippen molar-refractivity contribution in [2.45, 2.75) is 63.5 Å². The third kappa shape index (κ3) is 5.27. The van der Waals surface area contributed by atoms with Gasteiger partial charge < -0.3 is 15.5 Å². The number of hydrogen-bond acceptors (Lipinski definition) is 3. The van der Waals surface area contributed by atoms with Crippen LogP contribution in [0.15, 0.2) is 0 Å². The van der Waals surface area contributed by atoms with Crippen molar-refractivity contribution in [1.29, 1.82) is 0 Å². The number of carbonyl (C=O) groups is 1. The first-order chi connectivity index (χ1) is 9.03. The van der Waals surface area contributed by atoms with Gasteiger partial charge in [-0.1, -0.05) is 19.3 Å². The minimum atomic E-state index is 0. The molecule has 1 unspecified atom stereocenters. The number of likely N-dealkylation sites (N-methyl/N-ethyl adjacent to an activating group) is 1. The van der Waals surface area contributed by atoms with E-state index in [1.165, 1.54) is 32.1 Å². The number of carbonyl (C=O) groups excluding carboxylic acids is 1. The summed E-state index contributed by atoms with van der Waals surface area (Å²) in [5.74, 6) is 0.326. The van der Waals surface area contributed by atoms with Gasteiger partial charge in [-0.25, -0.2) is 0 Å². The van der Waals surface area contributed by atoms with Crippen molar-refractivity contribution >= 4 is 30.7 Å². The van der Waals surface area contributed by atoms with E-state index in [1.54, 1.807) is 0 Å². The molecule has 1 saturated carbocycles. The van der Waals surface area contributed by atoms with Gasteiger partial charge in [0, 0.05) is 32.1 Å². The number of rotatable bonds is 3. The minimum absolute atomic E-state index is 0. The molecule has 1 heterocycles. The predicted octanol–water partition coefficient (Wildman–Crippen LogP) is 2.43. The van der Waals surface area contributed by atoms with Crippen LogP contribution >= 0.6 is 24.8 Å². The van der Waals surface area contributed by atoms with Crippen molar-refractivity contribution in [3.05, 3.63) is 0 Å². The Morgan fingerprint density at radius 3 is 2.38 bits per heavy atom. The molecule has 2 rings (SSSR count). The molecule has 1 spiro atoms. The zero-order valence-corrected chi connectivity index (χ0v) is 15.0. The van der Waals surface area contributed by atoms with Crippen LogP contribution in [0.1, 0.15) is 51.9 Å². The van der Waals surface area contributed by atoms with Crippen molar-refractivity contribution in [3.63, 3.8) is 0 Å². The molecule has 0 bridgehead atoms. The Bertz CT molecular complexity index is 320. The fourth-order valence-corrected chi connectivity index (χ4v) is 3.69. The lowest BCUT2D eigenvalue weighted by molar-refractivity contribution is -0.144. The summed E-state index contributed by atoms with van der Waals surface area (Å²) < 4.78 is 0. The fraction of sp³-hybridized carbons (Fsp3) is 0.933. The number of halogens is 2. The average Bonchev–Trinajstić information content (AvgIpc) is 2.37. The van der Waals surface area contributed by atoms with Crippen LogP contribution in [0.3, 0.4) is 0 Å². The molecular formula is C15H31Cl2N3O. The van der Waals surface area contributed by atoms with Crippen molar-refractivity contribution in [3.8, 4) is 0 Å². The van der Waals surface area contributed by atoms with Crippen LogP contribution < -0.4 is 5.73 Å². The normalized spacial score (nSPS) is 23.1. The molecular weight excluding hydrogens is 309 g/mol. The molecule has 1 aliphatic heterocycles. The van der Waals surface area contributed by atoms with Gasteiger partial charge in [0.25, 0.3) is 0 Å². The quantitative estimate of drug-likeness (QED) is 0.858. The number of hydrogen-bond donors (Lipinski definition) is 1. The van der Waals surface area contributed by atoms with E-state index >= 15 is 0 Å². The highest BCUT2D eigenvalue weighted by Crippen LogP contribution is 2.36. The van der Waals surface area contributed by atoms with Crippen molar-refractivity contribution in [1.82, 2.24) is 9.80 Å². The number of amides is 1. The van der Waals surface area contributed by atoms with Gasteiger partial charge in [-0.15, -0.1) is 24.8 Å². The smallest absolute Gasteiger partial charge is 0.223 e. The maximum atomic E-state index is 12.5. The Hall–Kier alpha value is -0.0300. The SMILES string of the molecule is CC(N)CCC(=O)N1CCN(C)CC12CCCCC2.Cl.Cl. The molecule has 6 heteroatoms. The average molecular weight is 340 g/mol. The molecule has 1 amide bonds. The molecule has 21 heavy (non-hydrogen) atoms. The van der Waals surface area contributed by atoms with E-state index in [4.69, 9.17) is 5.73 Å². The minimum Gasteiger partial charge on any atom is -0.334 e. The van der Waals surface area contributed by atoms with Gasteiger partial charge in [0.1, 0.15) is 0 Å². The summed E-state index contributed by atoms with van der Waals surface area (Å²) in [5.41, 5.74) is 5.91. The van der Waals surface area contributed by atoms with Crippen LogP contribution in [0, 0.1) is 0 Å². The van der Waals surface area contributed by atoms with E-state index in [9.17, 15) is 4.79 Å². The second-order valence-electron chi connectivity index (χ2n) is 6.58. The second kappa shape index (κ2) is 9.19. The first-order valence-corrected chi connectivity index (χ1v) is 7.78. The third-order valence-corrected chi connectivity index (χ3v) is 4.74. The topological polar surface area (TPSA) is 49.6 Å². The van der Waals surface area contributed by atoms with E-state index in [-0.39, 0.29) is 36.4 Å². The van der Waals surface area contributed by atoms with Gasteiger partial charge in [0.15, 0.2) is 0 Å². The summed E-state index contributed by atoms with van der Waals surface area (Å²) >= 11 is 0. The van der Waals surface area contributed by atoms with E-state index in [2.05, 4.69) is 16.8 Å². The molecule has 2 N–H and O–H groups in total. The highest BCUT2D eigenvalue weighted by molar-refractivity contribution is 5.85. The van der Waals surface area contributed by atoms with Crippen LogP contribution in [0.2, 0.25) is 0 Å². The van der Waals surface area contributed by atoms with Crippen molar-refractivity contribution in [2.75, 3.05) is 26.7 Å². The highest BCUT2D eigenvalue weighted by atomic mass is 35.5.